The van der Waals surface area contributed by atoms with Gasteiger partial charge >= 0.3 is 5.97 Å². The van der Waals surface area contributed by atoms with Gasteiger partial charge < -0.3 is 9.64 Å². The first-order valence-corrected chi connectivity index (χ1v) is 8.60. The predicted molar refractivity (Wildman–Crippen MR) is 93.3 cm³/mol. The standard InChI is InChI=1S/C17H19N5O5/c1-2-27-17(24)13-4-3-7-20(9-13)16(23)12-5-6-14(15(8-12)22(25)26)21-11-18-10-19-21/h5-6,8,10-11,13H,2-4,7,9H2,1H3. The fourth-order valence-corrected chi connectivity index (χ4v) is 3.13. The summed E-state index contributed by atoms with van der Waals surface area (Å²) in [6, 6.07) is 4.21. The summed E-state index contributed by atoms with van der Waals surface area (Å²) in [6.07, 6.45) is 3.95. The molecule has 1 fully saturated rings. The molecule has 142 valence electrons. The lowest BCUT2D eigenvalue weighted by atomic mass is 9.97. The normalized spacial score (nSPS) is 16.8. The minimum absolute atomic E-state index is 0.190. The summed E-state index contributed by atoms with van der Waals surface area (Å²) in [7, 11) is 0. The average molecular weight is 373 g/mol. The number of nitro groups is 1. The second-order valence-corrected chi connectivity index (χ2v) is 6.14. The Morgan fingerprint density at radius 1 is 1.41 bits per heavy atom. The molecule has 1 aliphatic heterocycles. The molecule has 10 heteroatoms. The van der Waals surface area contributed by atoms with Crippen molar-refractivity contribution in [3.8, 4) is 5.69 Å². The molecule has 0 saturated carbocycles. The largest absolute Gasteiger partial charge is 0.466 e. The Hall–Kier alpha value is -3.30. The number of rotatable bonds is 5. The quantitative estimate of drug-likeness (QED) is 0.443. The summed E-state index contributed by atoms with van der Waals surface area (Å²) >= 11 is 0. The van der Waals surface area contributed by atoms with Gasteiger partial charge in [-0.2, -0.15) is 5.10 Å². The van der Waals surface area contributed by atoms with Gasteiger partial charge in [-0.15, -0.1) is 0 Å². The third-order valence-corrected chi connectivity index (χ3v) is 4.41. The number of benzene rings is 1. The highest BCUT2D eigenvalue weighted by Crippen LogP contribution is 2.26. The Morgan fingerprint density at radius 3 is 2.89 bits per heavy atom. The number of esters is 1. The van der Waals surface area contributed by atoms with Crippen LogP contribution in [-0.4, -0.2) is 56.2 Å². The fourth-order valence-electron chi connectivity index (χ4n) is 3.13. The number of carbonyl (C=O) groups is 2. The molecule has 2 aromatic rings. The van der Waals surface area contributed by atoms with E-state index in [1.807, 2.05) is 0 Å². The van der Waals surface area contributed by atoms with E-state index in [4.69, 9.17) is 4.74 Å². The van der Waals surface area contributed by atoms with E-state index < -0.39 is 4.92 Å². The van der Waals surface area contributed by atoms with Gasteiger partial charge in [-0.1, -0.05) is 0 Å². The zero-order chi connectivity index (χ0) is 19.4. The number of nitro benzene ring substituents is 1. The Balaban J connectivity index is 1.83. The summed E-state index contributed by atoms with van der Waals surface area (Å²) in [6.45, 7) is 2.77. The van der Waals surface area contributed by atoms with Crippen LogP contribution in [0.4, 0.5) is 5.69 Å². The number of piperidine rings is 1. The number of nitrogens with zero attached hydrogens (tertiary/aromatic N) is 5. The van der Waals surface area contributed by atoms with Crippen LogP contribution in [0.15, 0.2) is 30.9 Å². The van der Waals surface area contributed by atoms with Crippen LogP contribution < -0.4 is 0 Å². The van der Waals surface area contributed by atoms with E-state index in [2.05, 4.69) is 10.1 Å². The molecule has 0 radical (unpaired) electrons. The first-order chi connectivity index (χ1) is 13.0. The van der Waals surface area contributed by atoms with Gasteiger partial charge in [-0.3, -0.25) is 19.7 Å². The van der Waals surface area contributed by atoms with Crippen molar-refractivity contribution < 1.29 is 19.2 Å². The third-order valence-electron chi connectivity index (χ3n) is 4.41. The molecule has 1 aliphatic rings. The maximum atomic E-state index is 12.8. The fraction of sp³-hybridized carbons (Fsp3) is 0.412. The second-order valence-electron chi connectivity index (χ2n) is 6.14. The van der Waals surface area contributed by atoms with Crippen LogP contribution >= 0.6 is 0 Å². The van der Waals surface area contributed by atoms with E-state index in [9.17, 15) is 19.7 Å². The first-order valence-electron chi connectivity index (χ1n) is 8.60. The number of amides is 1. The molecule has 0 spiro atoms. The zero-order valence-electron chi connectivity index (χ0n) is 14.8. The van der Waals surface area contributed by atoms with Crippen molar-refractivity contribution >= 4 is 17.6 Å². The van der Waals surface area contributed by atoms with Gasteiger partial charge in [0.05, 0.1) is 17.4 Å². The smallest absolute Gasteiger partial charge is 0.310 e. The van der Waals surface area contributed by atoms with Crippen LogP contribution in [0.25, 0.3) is 5.69 Å². The number of hydrogen-bond acceptors (Lipinski definition) is 7. The predicted octanol–water partition coefficient (Wildman–Crippen LogP) is 1.59. The average Bonchev–Trinajstić information content (AvgIpc) is 3.22. The number of likely N-dealkylation sites (tertiary alicyclic amines) is 1. The van der Waals surface area contributed by atoms with Crippen molar-refractivity contribution in [2.75, 3.05) is 19.7 Å². The summed E-state index contributed by atoms with van der Waals surface area (Å²) in [5.74, 6) is -1.04. The van der Waals surface area contributed by atoms with Gasteiger partial charge in [0, 0.05) is 24.7 Å². The van der Waals surface area contributed by atoms with E-state index in [-0.39, 0.29) is 41.3 Å². The Bertz CT molecular complexity index is 851. The van der Waals surface area contributed by atoms with Crippen molar-refractivity contribution in [1.82, 2.24) is 19.7 Å². The topological polar surface area (TPSA) is 120 Å². The highest BCUT2D eigenvalue weighted by Gasteiger charge is 2.30. The summed E-state index contributed by atoms with van der Waals surface area (Å²) in [5, 5.41) is 15.3. The van der Waals surface area contributed by atoms with Crippen molar-refractivity contribution in [3.05, 3.63) is 46.5 Å². The highest BCUT2D eigenvalue weighted by atomic mass is 16.6. The minimum atomic E-state index is -0.564. The SMILES string of the molecule is CCOC(=O)C1CCCN(C(=O)c2ccc(-n3cncn3)c([N+](=O)[O-])c2)C1. The van der Waals surface area contributed by atoms with Crippen molar-refractivity contribution in [3.63, 3.8) is 0 Å². The molecule has 1 aromatic heterocycles. The Morgan fingerprint density at radius 2 is 2.22 bits per heavy atom. The van der Waals surface area contributed by atoms with Crippen molar-refractivity contribution in [1.29, 1.82) is 0 Å². The van der Waals surface area contributed by atoms with Gasteiger partial charge in [-0.05, 0) is 31.9 Å². The molecule has 0 bridgehead atoms. The molecule has 10 nitrogen and oxygen atoms in total. The van der Waals surface area contributed by atoms with Gasteiger partial charge in [-0.25, -0.2) is 9.67 Å². The van der Waals surface area contributed by atoms with Gasteiger partial charge in [0.2, 0.25) is 0 Å². The molecule has 1 amide bonds. The monoisotopic (exact) mass is 373 g/mol. The molecule has 1 unspecified atom stereocenters. The molecular formula is C17H19N5O5. The minimum Gasteiger partial charge on any atom is -0.466 e. The second kappa shape index (κ2) is 7.94. The molecule has 1 atom stereocenters. The summed E-state index contributed by atoms with van der Waals surface area (Å²) in [5.41, 5.74) is 0.164. The van der Waals surface area contributed by atoms with Crippen LogP contribution in [0.3, 0.4) is 0 Å². The maximum Gasteiger partial charge on any atom is 0.310 e. The number of hydrogen-bond donors (Lipinski definition) is 0. The van der Waals surface area contributed by atoms with Crippen LogP contribution in [-0.2, 0) is 9.53 Å². The zero-order valence-corrected chi connectivity index (χ0v) is 14.8. The summed E-state index contributed by atoms with van der Waals surface area (Å²) < 4.78 is 6.31. The lowest BCUT2D eigenvalue weighted by Gasteiger charge is -2.31. The van der Waals surface area contributed by atoms with Crippen molar-refractivity contribution in [2.45, 2.75) is 19.8 Å². The molecule has 3 rings (SSSR count). The van der Waals surface area contributed by atoms with E-state index in [0.717, 1.165) is 0 Å². The third kappa shape index (κ3) is 3.94. The van der Waals surface area contributed by atoms with Crippen molar-refractivity contribution in [2.24, 2.45) is 5.92 Å². The number of aromatic nitrogens is 3. The van der Waals surface area contributed by atoms with Gasteiger partial charge in [0.15, 0.2) is 0 Å². The molecule has 0 N–H and O–H groups in total. The van der Waals surface area contributed by atoms with Crippen LogP contribution in [0.5, 0.6) is 0 Å². The van der Waals surface area contributed by atoms with E-state index >= 15 is 0 Å². The highest BCUT2D eigenvalue weighted by molar-refractivity contribution is 5.95. The molecular weight excluding hydrogens is 354 g/mol. The van der Waals surface area contributed by atoms with E-state index in [0.29, 0.717) is 26.0 Å². The van der Waals surface area contributed by atoms with E-state index in [1.54, 1.807) is 11.8 Å². The first kappa shape index (κ1) is 18.5. The van der Waals surface area contributed by atoms with Gasteiger partial charge in [0.25, 0.3) is 11.6 Å². The van der Waals surface area contributed by atoms with Crippen LogP contribution in [0.1, 0.15) is 30.1 Å². The number of carbonyl (C=O) groups excluding carboxylic acids is 2. The van der Waals surface area contributed by atoms with Crippen LogP contribution in [0, 0.1) is 16.0 Å². The van der Waals surface area contributed by atoms with Gasteiger partial charge in [0.1, 0.15) is 18.3 Å². The van der Waals surface area contributed by atoms with Crippen LogP contribution in [0.2, 0.25) is 0 Å². The summed E-state index contributed by atoms with van der Waals surface area (Å²) in [4.78, 5) is 41.0. The molecule has 2 heterocycles. The van der Waals surface area contributed by atoms with E-state index in [1.165, 1.54) is 35.5 Å². The lowest BCUT2D eigenvalue weighted by Crippen LogP contribution is -2.42. The molecule has 27 heavy (non-hydrogen) atoms. The lowest BCUT2D eigenvalue weighted by molar-refractivity contribution is -0.384. The molecule has 1 saturated heterocycles. The Labute approximate surface area is 154 Å². The molecule has 0 aliphatic carbocycles. The Kier molecular flexibility index (Phi) is 5.43. The number of ether oxygens (including phenoxy) is 1. The maximum absolute atomic E-state index is 12.8. The molecule has 1 aromatic carbocycles.